The van der Waals surface area contributed by atoms with Gasteiger partial charge in [0.15, 0.2) is 0 Å². The van der Waals surface area contributed by atoms with Crippen molar-refractivity contribution >= 4 is 23.0 Å². The molecule has 2 rings (SSSR count). The van der Waals surface area contributed by atoms with Gasteiger partial charge in [-0.3, -0.25) is 14.9 Å². The molecule has 6 nitrogen and oxygen atoms in total. The molecule has 108 valence electrons. The van der Waals surface area contributed by atoms with E-state index in [1.54, 1.807) is 12.1 Å². The molecule has 2 aromatic rings. The molecule has 1 amide bonds. The lowest BCUT2D eigenvalue weighted by Crippen LogP contribution is -2.14. The lowest BCUT2D eigenvalue weighted by Gasteiger charge is -2.07. The van der Waals surface area contributed by atoms with Gasteiger partial charge in [-0.2, -0.15) is 0 Å². The Bertz CT molecular complexity index is 681. The molecule has 0 unspecified atom stereocenters. The van der Waals surface area contributed by atoms with Crippen molar-refractivity contribution in [2.24, 2.45) is 0 Å². The topological polar surface area (TPSA) is 98.3 Å². The van der Waals surface area contributed by atoms with Gasteiger partial charge >= 0.3 is 5.69 Å². The van der Waals surface area contributed by atoms with Gasteiger partial charge in [-0.05, 0) is 36.2 Å². The molecule has 0 aliphatic heterocycles. The van der Waals surface area contributed by atoms with Crippen LogP contribution in [0, 0.1) is 10.1 Å². The number of nitro groups is 1. The molecule has 3 N–H and O–H groups in total. The Labute approximate surface area is 121 Å². The lowest BCUT2D eigenvalue weighted by molar-refractivity contribution is -0.384. The summed E-state index contributed by atoms with van der Waals surface area (Å²) in [6, 6.07) is 11.6. The van der Waals surface area contributed by atoms with Gasteiger partial charge in [0.1, 0.15) is 11.3 Å². The molecule has 0 heterocycles. The number of nitrogens with one attached hydrogen (secondary N) is 1. The first-order chi connectivity index (χ1) is 10.0. The number of amides is 1. The van der Waals surface area contributed by atoms with Crippen LogP contribution in [-0.2, 0) is 6.42 Å². The quantitative estimate of drug-likeness (QED) is 0.512. The molecule has 2 aromatic carbocycles. The number of carbonyl (C=O) groups is 1. The maximum atomic E-state index is 12.2. The second kappa shape index (κ2) is 6.04. The number of nitro benzene ring substituents is 1. The van der Waals surface area contributed by atoms with E-state index in [-0.39, 0.29) is 16.9 Å². The van der Waals surface area contributed by atoms with Crippen molar-refractivity contribution in [2.45, 2.75) is 13.3 Å². The highest BCUT2D eigenvalue weighted by Crippen LogP contribution is 2.26. The number of nitrogens with zero attached hydrogens (tertiary/aromatic N) is 1. The van der Waals surface area contributed by atoms with Crippen LogP contribution in [0.2, 0.25) is 0 Å². The number of anilines is 2. The molecule has 0 fully saturated rings. The van der Waals surface area contributed by atoms with E-state index < -0.39 is 10.8 Å². The minimum atomic E-state index is -0.648. The summed E-state index contributed by atoms with van der Waals surface area (Å²) in [5.41, 5.74) is 6.82. The van der Waals surface area contributed by atoms with Gasteiger partial charge in [-0.25, -0.2) is 0 Å². The zero-order valence-corrected chi connectivity index (χ0v) is 11.5. The van der Waals surface area contributed by atoms with Gasteiger partial charge in [0, 0.05) is 5.69 Å². The Balaban J connectivity index is 2.28. The third kappa shape index (κ3) is 3.17. The molecule has 0 radical (unpaired) electrons. The highest BCUT2D eigenvalue weighted by atomic mass is 16.6. The fraction of sp³-hybridized carbons (Fsp3) is 0.133. The Morgan fingerprint density at radius 2 is 1.90 bits per heavy atom. The molecule has 0 aliphatic rings. The Morgan fingerprint density at radius 1 is 1.24 bits per heavy atom. The third-order valence-electron chi connectivity index (χ3n) is 3.11. The standard InChI is InChI=1S/C15H15N3O3/c1-2-10-6-8-11(9-7-10)17-15(19)12-4-3-5-13(16)14(12)18(20)21/h3-9H,2,16H2,1H3,(H,17,19). The molecule has 0 bridgehead atoms. The number of hydrogen-bond donors (Lipinski definition) is 2. The Kier molecular flexibility index (Phi) is 4.18. The summed E-state index contributed by atoms with van der Waals surface area (Å²) in [6.07, 6.45) is 0.898. The van der Waals surface area contributed by atoms with Crippen molar-refractivity contribution in [3.8, 4) is 0 Å². The predicted octanol–water partition coefficient (Wildman–Crippen LogP) is 2.99. The van der Waals surface area contributed by atoms with Gasteiger partial charge in [0.25, 0.3) is 5.91 Å². The van der Waals surface area contributed by atoms with E-state index in [1.165, 1.54) is 18.2 Å². The van der Waals surface area contributed by atoms with Gasteiger partial charge in [-0.1, -0.05) is 25.1 Å². The fourth-order valence-electron chi connectivity index (χ4n) is 1.97. The highest BCUT2D eigenvalue weighted by molar-refractivity contribution is 6.08. The van der Waals surface area contributed by atoms with E-state index in [0.29, 0.717) is 5.69 Å². The molecule has 6 heteroatoms. The normalized spacial score (nSPS) is 10.1. The number of rotatable bonds is 4. The van der Waals surface area contributed by atoms with Gasteiger partial charge in [-0.15, -0.1) is 0 Å². The maximum Gasteiger partial charge on any atom is 0.304 e. The van der Waals surface area contributed by atoms with E-state index in [4.69, 9.17) is 5.73 Å². The predicted molar refractivity (Wildman–Crippen MR) is 81.3 cm³/mol. The first-order valence-electron chi connectivity index (χ1n) is 6.46. The van der Waals surface area contributed by atoms with E-state index >= 15 is 0 Å². The van der Waals surface area contributed by atoms with Crippen molar-refractivity contribution in [3.63, 3.8) is 0 Å². The summed E-state index contributed by atoms with van der Waals surface area (Å²) in [5, 5.41) is 13.7. The maximum absolute atomic E-state index is 12.2. The number of nitrogen functional groups attached to an aromatic ring is 1. The van der Waals surface area contributed by atoms with E-state index in [1.807, 2.05) is 19.1 Å². The van der Waals surface area contributed by atoms with Crippen LogP contribution in [0.25, 0.3) is 0 Å². The van der Waals surface area contributed by atoms with Crippen LogP contribution in [-0.4, -0.2) is 10.8 Å². The number of aryl methyl sites for hydroxylation is 1. The summed E-state index contributed by atoms with van der Waals surface area (Å²) in [4.78, 5) is 22.6. The van der Waals surface area contributed by atoms with Crippen molar-refractivity contribution in [1.82, 2.24) is 0 Å². The molecule has 0 aliphatic carbocycles. The fourth-order valence-corrected chi connectivity index (χ4v) is 1.97. The van der Waals surface area contributed by atoms with Crippen molar-refractivity contribution in [3.05, 3.63) is 63.7 Å². The van der Waals surface area contributed by atoms with E-state index in [0.717, 1.165) is 12.0 Å². The first-order valence-corrected chi connectivity index (χ1v) is 6.46. The average Bonchev–Trinajstić information content (AvgIpc) is 2.47. The monoisotopic (exact) mass is 285 g/mol. The number of para-hydroxylation sites is 1. The Hall–Kier alpha value is -2.89. The van der Waals surface area contributed by atoms with Gasteiger partial charge in [0.05, 0.1) is 4.92 Å². The lowest BCUT2D eigenvalue weighted by atomic mass is 10.1. The van der Waals surface area contributed by atoms with Crippen molar-refractivity contribution in [2.75, 3.05) is 11.1 Å². The molecule has 0 aromatic heterocycles. The average molecular weight is 285 g/mol. The minimum absolute atomic E-state index is 0.0334. The minimum Gasteiger partial charge on any atom is -0.393 e. The SMILES string of the molecule is CCc1ccc(NC(=O)c2cccc(N)c2[N+](=O)[O-])cc1. The summed E-state index contributed by atoms with van der Waals surface area (Å²) in [7, 11) is 0. The van der Waals surface area contributed by atoms with Crippen LogP contribution in [0.15, 0.2) is 42.5 Å². The number of hydrogen-bond acceptors (Lipinski definition) is 4. The second-order valence-electron chi connectivity index (χ2n) is 4.51. The summed E-state index contributed by atoms with van der Waals surface area (Å²) < 4.78 is 0. The summed E-state index contributed by atoms with van der Waals surface area (Å²) in [6.45, 7) is 2.03. The van der Waals surface area contributed by atoms with Crippen LogP contribution in [0.1, 0.15) is 22.8 Å². The zero-order chi connectivity index (χ0) is 15.4. The molecule has 0 saturated carbocycles. The molecule has 0 atom stereocenters. The number of benzene rings is 2. The number of nitrogens with two attached hydrogens (primary N) is 1. The Morgan fingerprint density at radius 3 is 2.48 bits per heavy atom. The van der Waals surface area contributed by atoms with Crippen LogP contribution in [0.3, 0.4) is 0 Å². The first kappa shape index (κ1) is 14.5. The summed E-state index contributed by atoms with van der Waals surface area (Å²) >= 11 is 0. The van der Waals surface area contributed by atoms with Crippen LogP contribution >= 0.6 is 0 Å². The zero-order valence-electron chi connectivity index (χ0n) is 11.5. The van der Waals surface area contributed by atoms with Crippen molar-refractivity contribution in [1.29, 1.82) is 0 Å². The van der Waals surface area contributed by atoms with E-state index in [9.17, 15) is 14.9 Å². The van der Waals surface area contributed by atoms with Gasteiger partial charge < -0.3 is 11.1 Å². The van der Waals surface area contributed by atoms with Crippen molar-refractivity contribution < 1.29 is 9.72 Å². The van der Waals surface area contributed by atoms with Gasteiger partial charge in [0.2, 0.25) is 0 Å². The third-order valence-corrected chi connectivity index (χ3v) is 3.11. The number of carbonyl (C=O) groups excluding carboxylic acids is 1. The largest absolute Gasteiger partial charge is 0.393 e. The second-order valence-corrected chi connectivity index (χ2v) is 4.51. The highest BCUT2D eigenvalue weighted by Gasteiger charge is 2.23. The molecular weight excluding hydrogens is 270 g/mol. The summed E-state index contributed by atoms with van der Waals surface area (Å²) in [5.74, 6) is -0.557. The molecular formula is C15H15N3O3. The van der Waals surface area contributed by atoms with Crippen LogP contribution in [0.4, 0.5) is 17.1 Å². The molecule has 0 saturated heterocycles. The van der Waals surface area contributed by atoms with Crippen LogP contribution in [0.5, 0.6) is 0 Å². The molecule has 21 heavy (non-hydrogen) atoms. The van der Waals surface area contributed by atoms with Crippen LogP contribution < -0.4 is 11.1 Å². The van der Waals surface area contributed by atoms with E-state index in [2.05, 4.69) is 5.32 Å². The molecule has 0 spiro atoms. The smallest absolute Gasteiger partial charge is 0.304 e.